The smallest absolute Gasteiger partial charge is 0.253 e. The molecule has 4 heteroatoms. The van der Waals surface area contributed by atoms with Crippen molar-refractivity contribution >= 4 is 17.9 Å². The molecule has 1 aromatic rings. The Morgan fingerprint density at radius 1 is 1.23 bits per heavy atom. The molecule has 2 rings (SSSR count). The van der Waals surface area contributed by atoms with Gasteiger partial charge in [-0.2, -0.15) is 0 Å². The molecule has 22 heavy (non-hydrogen) atoms. The Morgan fingerprint density at radius 2 is 1.86 bits per heavy atom. The predicted molar refractivity (Wildman–Crippen MR) is 86.7 cm³/mol. The van der Waals surface area contributed by atoms with Gasteiger partial charge < -0.3 is 5.32 Å². The molecule has 0 fully saturated rings. The van der Waals surface area contributed by atoms with Crippen molar-refractivity contribution in [3.8, 4) is 0 Å². The second kappa shape index (κ2) is 6.03. The third-order valence-electron chi connectivity index (χ3n) is 3.99. The maximum Gasteiger partial charge on any atom is 0.253 e. The molecular formula is C18H24N2O2. The number of benzene rings is 1. The molecular weight excluding hydrogens is 276 g/mol. The van der Waals surface area contributed by atoms with Crippen LogP contribution in [0.4, 0.5) is 0 Å². The van der Waals surface area contributed by atoms with Crippen molar-refractivity contribution < 1.29 is 9.59 Å². The maximum atomic E-state index is 12.1. The van der Waals surface area contributed by atoms with Gasteiger partial charge in [0.1, 0.15) is 0 Å². The minimum absolute atomic E-state index is 0.000401. The van der Waals surface area contributed by atoms with E-state index in [1.165, 1.54) is 5.56 Å². The molecule has 0 spiro atoms. The molecule has 1 atom stereocenters. The summed E-state index contributed by atoms with van der Waals surface area (Å²) in [6.45, 7) is 10.2. The predicted octanol–water partition coefficient (Wildman–Crippen LogP) is 1.41. The van der Waals surface area contributed by atoms with Crippen LogP contribution in [-0.4, -0.2) is 18.4 Å². The van der Waals surface area contributed by atoms with Gasteiger partial charge in [-0.05, 0) is 48.7 Å². The Labute approximate surface area is 131 Å². The highest BCUT2D eigenvalue weighted by molar-refractivity contribution is 5.86. The SMILES string of the molecule is Cc1cc2c(cc1C)=NC(=O)C(CCNC(=O)C(C)(C)C)C=2. The van der Waals surface area contributed by atoms with Gasteiger partial charge in [0, 0.05) is 12.0 Å². The van der Waals surface area contributed by atoms with E-state index in [4.69, 9.17) is 0 Å². The number of amides is 2. The molecule has 0 bridgehead atoms. The van der Waals surface area contributed by atoms with Crippen molar-refractivity contribution in [2.75, 3.05) is 6.54 Å². The average Bonchev–Trinajstić information content (AvgIpc) is 2.40. The minimum Gasteiger partial charge on any atom is -0.356 e. The zero-order chi connectivity index (χ0) is 16.5. The van der Waals surface area contributed by atoms with Crippen molar-refractivity contribution in [2.24, 2.45) is 16.3 Å². The highest BCUT2D eigenvalue weighted by Gasteiger charge is 2.22. The molecule has 0 saturated carbocycles. The van der Waals surface area contributed by atoms with E-state index in [1.807, 2.05) is 39.8 Å². The van der Waals surface area contributed by atoms with Crippen molar-refractivity contribution in [1.82, 2.24) is 5.32 Å². The van der Waals surface area contributed by atoms with Crippen LogP contribution in [0.25, 0.3) is 6.08 Å². The van der Waals surface area contributed by atoms with Gasteiger partial charge in [0.2, 0.25) is 5.91 Å². The standard InChI is InChI=1S/C18H24N2O2/c1-11-8-14-10-13(6-7-19-17(22)18(3,4)5)16(21)20-15(14)9-12(11)2/h8-10,13H,6-7H2,1-5H3,(H,19,22). The average molecular weight is 300 g/mol. The lowest BCUT2D eigenvalue weighted by molar-refractivity contribution is -0.128. The number of fused-ring (bicyclic) bond motifs is 1. The molecule has 1 N–H and O–H groups in total. The van der Waals surface area contributed by atoms with Gasteiger partial charge in [-0.1, -0.05) is 26.8 Å². The van der Waals surface area contributed by atoms with Gasteiger partial charge in [-0.15, -0.1) is 0 Å². The van der Waals surface area contributed by atoms with Gasteiger partial charge in [0.15, 0.2) is 0 Å². The van der Waals surface area contributed by atoms with E-state index in [-0.39, 0.29) is 17.7 Å². The van der Waals surface area contributed by atoms with Crippen molar-refractivity contribution in [2.45, 2.75) is 41.0 Å². The molecule has 1 heterocycles. The fourth-order valence-corrected chi connectivity index (χ4v) is 2.36. The van der Waals surface area contributed by atoms with E-state index in [1.54, 1.807) is 0 Å². The summed E-state index contributed by atoms with van der Waals surface area (Å²) in [6, 6.07) is 4.03. The lowest BCUT2D eigenvalue weighted by Crippen LogP contribution is -2.38. The summed E-state index contributed by atoms with van der Waals surface area (Å²) in [4.78, 5) is 28.1. The monoisotopic (exact) mass is 300 g/mol. The van der Waals surface area contributed by atoms with E-state index in [9.17, 15) is 9.59 Å². The molecule has 0 aromatic heterocycles. The molecule has 1 aliphatic heterocycles. The largest absolute Gasteiger partial charge is 0.356 e. The molecule has 0 saturated heterocycles. The first-order valence-electron chi connectivity index (χ1n) is 7.68. The Bertz CT molecular complexity index is 727. The van der Waals surface area contributed by atoms with Gasteiger partial charge in [0.05, 0.1) is 11.3 Å². The van der Waals surface area contributed by atoms with Crippen LogP contribution in [0, 0.1) is 25.2 Å². The molecule has 1 aromatic carbocycles. The number of nitrogens with one attached hydrogen (secondary N) is 1. The molecule has 0 aliphatic carbocycles. The first kappa shape index (κ1) is 16.4. The fraction of sp³-hybridized carbons (Fsp3) is 0.500. The topological polar surface area (TPSA) is 58.5 Å². The van der Waals surface area contributed by atoms with Crippen molar-refractivity contribution in [3.63, 3.8) is 0 Å². The Balaban J connectivity index is 2.11. The fourth-order valence-electron chi connectivity index (χ4n) is 2.36. The van der Waals surface area contributed by atoms with Crippen LogP contribution in [0.5, 0.6) is 0 Å². The van der Waals surface area contributed by atoms with Crippen molar-refractivity contribution in [1.29, 1.82) is 0 Å². The van der Waals surface area contributed by atoms with E-state index in [0.717, 1.165) is 16.1 Å². The van der Waals surface area contributed by atoms with Crippen LogP contribution in [0.2, 0.25) is 0 Å². The van der Waals surface area contributed by atoms with Crippen LogP contribution < -0.4 is 15.9 Å². The van der Waals surface area contributed by atoms with Gasteiger partial charge >= 0.3 is 0 Å². The number of aryl methyl sites for hydroxylation is 2. The summed E-state index contributed by atoms with van der Waals surface area (Å²) < 4.78 is 0. The third kappa shape index (κ3) is 3.62. The first-order chi connectivity index (χ1) is 10.2. The minimum atomic E-state index is -0.411. The number of hydrogen-bond acceptors (Lipinski definition) is 2. The van der Waals surface area contributed by atoms with Crippen LogP contribution in [0.15, 0.2) is 17.1 Å². The summed E-state index contributed by atoms with van der Waals surface area (Å²) in [5.41, 5.74) is 1.92. The van der Waals surface area contributed by atoms with Gasteiger partial charge in [-0.25, -0.2) is 4.99 Å². The van der Waals surface area contributed by atoms with Crippen LogP contribution in [-0.2, 0) is 9.59 Å². The molecule has 118 valence electrons. The summed E-state index contributed by atoms with van der Waals surface area (Å²) in [6.07, 6.45) is 2.55. The van der Waals surface area contributed by atoms with Crippen molar-refractivity contribution in [3.05, 3.63) is 33.8 Å². The second-order valence-corrected chi connectivity index (χ2v) is 7.01. The highest BCUT2D eigenvalue weighted by atomic mass is 16.2. The zero-order valence-corrected chi connectivity index (χ0v) is 14.0. The number of nitrogens with zero attached hydrogens (tertiary/aromatic N) is 1. The highest BCUT2D eigenvalue weighted by Crippen LogP contribution is 2.14. The molecule has 4 nitrogen and oxygen atoms in total. The van der Waals surface area contributed by atoms with Crippen LogP contribution in [0.3, 0.4) is 0 Å². The lowest BCUT2D eigenvalue weighted by atomic mass is 9.95. The normalized spacial score (nSPS) is 17.3. The molecule has 2 amide bonds. The van der Waals surface area contributed by atoms with E-state index < -0.39 is 5.41 Å². The Morgan fingerprint density at radius 3 is 2.50 bits per heavy atom. The summed E-state index contributed by atoms with van der Waals surface area (Å²) in [5, 5.41) is 4.64. The Kier molecular flexibility index (Phi) is 4.50. The Hall–Kier alpha value is -1.97. The molecule has 0 radical (unpaired) electrons. The van der Waals surface area contributed by atoms with Gasteiger partial charge in [-0.3, -0.25) is 9.59 Å². The third-order valence-corrected chi connectivity index (χ3v) is 3.99. The van der Waals surface area contributed by atoms with E-state index in [2.05, 4.69) is 23.3 Å². The second-order valence-electron chi connectivity index (χ2n) is 7.01. The number of hydrogen-bond donors (Lipinski definition) is 1. The van der Waals surface area contributed by atoms with Crippen LogP contribution in [0.1, 0.15) is 38.3 Å². The molecule has 1 aliphatic rings. The van der Waals surface area contributed by atoms with Gasteiger partial charge in [0.25, 0.3) is 5.91 Å². The van der Waals surface area contributed by atoms with E-state index >= 15 is 0 Å². The quantitative estimate of drug-likeness (QED) is 0.917. The zero-order valence-electron chi connectivity index (χ0n) is 14.0. The number of carbonyl (C=O) groups is 2. The number of carbonyl (C=O) groups excluding carboxylic acids is 2. The summed E-state index contributed by atoms with van der Waals surface area (Å²) in [5.74, 6) is -0.379. The van der Waals surface area contributed by atoms with Crippen LogP contribution >= 0.6 is 0 Å². The maximum absolute atomic E-state index is 12.1. The summed E-state index contributed by atoms with van der Waals surface area (Å²) >= 11 is 0. The number of rotatable bonds is 3. The lowest BCUT2D eigenvalue weighted by Gasteiger charge is -2.19. The molecule has 1 unspecified atom stereocenters. The summed E-state index contributed by atoms with van der Waals surface area (Å²) in [7, 11) is 0. The first-order valence-corrected chi connectivity index (χ1v) is 7.68. The van der Waals surface area contributed by atoms with E-state index in [0.29, 0.717) is 13.0 Å².